The summed E-state index contributed by atoms with van der Waals surface area (Å²) in [5.41, 5.74) is 0.749. The minimum atomic E-state index is -5.70. The summed E-state index contributed by atoms with van der Waals surface area (Å²) in [4.78, 5) is 42.2. The van der Waals surface area contributed by atoms with Crippen molar-refractivity contribution in [3.8, 4) is 0 Å². The number of aliphatic hydroxyl groups excluding tert-OH is 2. The van der Waals surface area contributed by atoms with Gasteiger partial charge in [-0.3, -0.25) is 9.09 Å². The summed E-state index contributed by atoms with van der Waals surface area (Å²) in [7, 11) is -15.1. The first-order valence-corrected chi connectivity index (χ1v) is 16.0. The Balaban J connectivity index is 0.000000673. The second-order valence-corrected chi connectivity index (χ2v) is 12.3. The molecule has 2 aromatic rings. The molecule has 0 radical (unpaired) electrons. The second kappa shape index (κ2) is 14.0. The Labute approximate surface area is 223 Å². The standard InChI is InChI=1S/C11H18N5O13P3.C6H15N/c1-12-10-7-5(2-14-15-10)16(4-13-7)11-9(18)8(17)6(27-11)3-26-31(22,23)29-32(24,25)28-30(19,20)21;1-4-7(5-2)6-3/h2,4,6,8-9,11,17-18H,3H2,1H3,(H,12,15)(H,22,23)(H,24,25)(H2,19,20,21);4-6H2,1-3H3/t6-,8-,9-,11-;/m1./s1. The van der Waals surface area contributed by atoms with E-state index >= 15 is 0 Å². The van der Waals surface area contributed by atoms with Crippen molar-refractivity contribution in [3.05, 3.63) is 12.5 Å². The molecule has 1 aliphatic heterocycles. The van der Waals surface area contributed by atoms with Gasteiger partial charge in [0, 0.05) is 7.05 Å². The molecule has 22 heteroatoms. The highest BCUT2D eigenvalue weighted by Crippen LogP contribution is 2.66. The van der Waals surface area contributed by atoms with Crippen LogP contribution in [0.3, 0.4) is 0 Å². The Morgan fingerprint density at radius 2 is 1.64 bits per heavy atom. The van der Waals surface area contributed by atoms with E-state index in [9.17, 15) is 28.8 Å². The number of fused-ring (bicyclic) bond motifs is 1. The third kappa shape index (κ3) is 9.59. The van der Waals surface area contributed by atoms with Crippen LogP contribution in [0.2, 0.25) is 0 Å². The number of phosphoric acid groups is 3. The van der Waals surface area contributed by atoms with Crippen LogP contribution in [0.25, 0.3) is 11.0 Å². The first kappa shape index (κ1) is 33.8. The SMILES string of the molecule is CCN(CC)CC.CNc1nncc2c1ncn2[C@@H]1O[C@H](COP(=O)(O)OP(=O)(O)OP(=O)(O)O)[C@@H](O)[C@H]1O. The molecule has 1 fully saturated rings. The number of aliphatic hydroxyl groups is 2. The number of ether oxygens (including phenoxy) is 1. The monoisotopic (exact) mass is 622 g/mol. The molecule has 2 unspecified atom stereocenters. The Hall–Kier alpha value is -1.40. The summed E-state index contributed by atoms with van der Waals surface area (Å²) in [6.07, 6.45) is -3.28. The lowest BCUT2D eigenvalue weighted by Crippen LogP contribution is -2.33. The maximum atomic E-state index is 11.8. The van der Waals surface area contributed by atoms with E-state index in [1.54, 1.807) is 7.05 Å². The summed E-state index contributed by atoms with van der Waals surface area (Å²) >= 11 is 0. The van der Waals surface area contributed by atoms with Crippen molar-refractivity contribution in [1.29, 1.82) is 0 Å². The predicted molar refractivity (Wildman–Crippen MR) is 134 cm³/mol. The summed E-state index contributed by atoms with van der Waals surface area (Å²) in [6, 6.07) is 0. The Morgan fingerprint density at radius 3 is 2.15 bits per heavy atom. The molecular formula is C17H33N6O13P3. The van der Waals surface area contributed by atoms with Gasteiger partial charge in [0.15, 0.2) is 12.0 Å². The van der Waals surface area contributed by atoms with E-state index in [0.717, 1.165) is 0 Å². The van der Waals surface area contributed by atoms with Crippen molar-refractivity contribution in [1.82, 2.24) is 24.6 Å². The highest BCUT2D eigenvalue weighted by atomic mass is 31.3. The third-order valence-electron chi connectivity index (χ3n) is 5.40. The molecule has 6 atom stereocenters. The van der Waals surface area contributed by atoms with E-state index in [1.165, 1.54) is 36.7 Å². The third-order valence-corrected chi connectivity index (χ3v) is 9.20. The average molecular weight is 622 g/mol. The van der Waals surface area contributed by atoms with Crippen LogP contribution in [0.4, 0.5) is 5.82 Å². The lowest BCUT2D eigenvalue weighted by atomic mass is 10.1. The summed E-state index contributed by atoms with van der Waals surface area (Å²) in [5.74, 6) is 0.332. The molecule has 0 amide bonds. The van der Waals surface area contributed by atoms with Crippen LogP contribution in [0.1, 0.15) is 27.0 Å². The maximum Gasteiger partial charge on any atom is 0.490 e. The number of rotatable bonds is 12. The minimum absolute atomic E-state index is 0.332. The lowest BCUT2D eigenvalue weighted by molar-refractivity contribution is -0.0501. The fraction of sp³-hybridized carbons (Fsp3) is 0.706. The smallest absolute Gasteiger partial charge is 0.387 e. The largest absolute Gasteiger partial charge is 0.490 e. The van der Waals surface area contributed by atoms with Crippen molar-refractivity contribution >= 4 is 40.3 Å². The first-order chi connectivity index (χ1) is 18.1. The molecule has 1 saturated heterocycles. The van der Waals surface area contributed by atoms with Crippen LogP contribution in [-0.4, -0.2) is 106 Å². The van der Waals surface area contributed by atoms with E-state index in [2.05, 4.69) is 59.3 Å². The van der Waals surface area contributed by atoms with E-state index in [1.807, 2.05) is 0 Å². The summed E-state index contributed by atoms with van der Waals surface area (Å²) < 4.78 is 52.2. The predicted octanol–water partition coefficient (Wildman–Crippen LogP) is 0.179. The van der Waals surface area contributed by atoms with Crippen LogP contribution in [0, 0.1) is 0 Å². The molecule has 3 heterocycles. The minimum Gasteiger partial charge on any atom is -0.387 e. The van der Waals surface area contributed by atoms with E-state index < -0.39 is 54.6 Å². The quantitative estimate of drug-likeness (QED) is 0.156. The molecule has 39 heavy (non-hydrogen) atoms. The number of nitrogens with zero attached hydrogens (tertiary/aromatic N) is 5. The van der Waals surface area contributed by atoms with Crippen LogP contribution < -0.4 is 5.32 Å². The molecule has 0 bridgehead atoms. The van der Waals surface area contributed by atoms with Crippen molar-refractivity contribution < 1.29 is 61.4 Å². The van der Waals surface area contributed by atoms with Gasteiger partial charge in [0.2, 0.25) is 0 Å². The molecule has 0 spiro atoms. The average Bonchev–Trinajstić information content (AvgIpc) is 3.38. The Morgan fingerprint density at radius 1 is 1.03 bits per heavy atom. The van der Waals surface area contributed by atoms with Crippen LogP contribution in [0.5, 0.6) is 0 Å². The van der Waals surface area contributed by atoms with E-state index in [-0.39, 0.29) is 0 Å². The molecule has 0 aromatic carbocycles. The van der Waals surface area contributed by atoms with Gasteiger partial charge < -0.3 is 44.7 Å². The number of nitrogens with one attached hydrogen (secondary N) is 1. The van der Waals surface area contributed by atoms with Gasteiger partial charge in [-0.2, -0.15) is 13.7 Å². The highest BCUT2D eigenvalue weighted by molar-refractivity contribution is 7.66. The number of phosphoric ester groups is 1. The molecule has 3 rings (SSSR count). The van der Waals surface area contributed by atoms with Crippen molar-refractivity contribution in [2.24, 2.45) is 0 Å². The molecule has 224 valence electrons. The summed E-state index contributed by atoms with van der Waals surface area (Å²) in [6.45, 7) is 9.19. The highest BCUT2D eigenvalue weighted by Gasteiger charge is 2.46. The second-order valence-electron chi connectivity index (χ2n) is 7.88. The molecule has 0 aliphatic carbocycles. The van der Waals surface area contributed by atoms with Crippen LogP contribution >= 0.6 is 23.5 Å². The molecule has 1 aliphatic rings. The van der Waals surface area contributed by atoms with Crippen molar-refractivity contribution in [2.75, 3.05) is 38.6 Å². The van der Waals surface area contributed by atoms with Gasteiger partial charge >= 0.3 is 23.5 Å². The number of imidazole rings is 1. The van der Waals surface area contributed by atoms with Crippen molar-refractivity contribution in [3.63, 3.8) is 0 Å². The van der Waals surface area contributed by atoms with Gasteiger partial charge in [-0.1, -0.05) is 20.8 Å². The van der Waals surface area contributed by atoms with Gasteiger partial charge in [-0.05, 0) is 19.6 Å². The lowest BCUT2D eigenvalue weighted by Gasteiger charge is -2.19. The van der Waals surface area contributed by atoms with Crippen LogP contribution in [-0.2, 0) is 31.6 Å². The van der Waals surface area contributed by atoms with E-state index in [4.69, 9.17) is 19.4 Å². The zero-order valence-corrected chi connectivity index (χ0v) is 24.1. The topological polar surface area (TPSA) is 268 Å². The number of hydrogen-bond donors (Lipinski definition) is 7. The van der Waals surface area contributed by atoms with Gasteiger partial charge in [0.25, 0.3) is 0 Å². The zero-order valence-electron chi connectivity index (χ0n) is 21.4. The van der Waals surface area contributed by atoms with Gasteiger partial charge in [0.1, 0.15) is 23.8 Å². The van der Waals surface area contributed by atoms with Crippen LogP contribution in [0.15, 0.2) is 12.5 Å². The molecular weight excluding hydrogens is 589 g/mol. The summed E-state index contributed by atoms with van der Waals surface area (Å²) in [5, 5.41) is 30.9. The fourth-order valence-corrected chi connectivity index (χ4v) is 6.51. The van der Waals surface area contributed by atoms with Gasteiger partial charge in [-0.25, -0.2) is 18.7 Å². The molecule has 7 N–H and O–H groups in total. The maximum absolute atomic E-state index is 11.8. The number of anilines is 1. The van der Waals surface area contributed by atoms with E-state index in [0.29, 0.717) is 16.9 Å². The fourth-order valence-electron chi connectivity index (χ4n) is 3.48. The Kier molecular flexibility index (Phi) is 12.1. The Bertz CT molecular complexity index is 1220. The first-order valence-electron chi connectivity index (χ1n) is 11.5. The van der Waals surface area contributed by atoms with Gasteiger partial charge in [0.05, 0.1) is 24.6 Å². The molecule has 2 aromatic heterocycles. The van der Waals surface area contributed by atoms with Crippen molar-refractivity contribution in [2.45, 2.75) is 45.3 Å². The number of aromatic nitrogens is 4. The zero-order chi connectivity index (χ0) is 29.6. The van der Waals surface area contributed by atoms with Gasteiger partial charge in [-0.15, -0.1) is 5.10 Å². The normalized spacial score (nSPS) is 24.7. The number of hydrogen-bond acceptors (Lipinski definition) is 14. The molecule has 19 nitrogen and oxygen atoms in total. The molecule has 0 saturated carbocycles.